The van der Waals surface area contributed by atoms with E-state index in [1.54, 1.807) is 6.20 Å². The fraction of sp³-hybridized carbons (Fsp3) is 0.152. The van der Waals surface area contributed by atoms with Crippen molar-refractivity contribution in [2.75, 3.05) is 0 Å². The van der Waals surface area contributed by atoms with E-state index in [-0.39, 0.29) is 31.9 Å². The summed E-state index contributed by atoms with van der Waals surface area (Å²) < 4.78 is 11.4. The fourth-order valence-electron chi connectivity index (χ4n) is 11.6. The molecule has 14 aromatic rings. The molecule has 0 saturated heterocycles. The maximum atomic E-state index is 6.73. The number of pyridine rings is 1. The molecule has 0 saturated carbocycles. The van der Waals surface area contributed by atoms with Crippen molar-refractivity contribution in [3.8, 4) is 67.7 Å². The molecule has 7 heteroatoms. The van der Waals surface area contributed by atoms with Gasteiger partial charge >= 0.3 is 20.1 Å². The Kier molecular flexibility index (Phi) is 17.6. The van der Waals surface area contributed by atoms with Crippen LogP contribution in [0.2, 0.25) is 0 Å². The van der Waals surface area contributed by atoms with Crippen molar-refractivity contribution in [3.63, 3.8) is 0 Å². The van der Waals surface area contributed by atoms with Crippen LogP contribution < -0.4 is 0 Å². The largest absolute Gasteiger partial charge is 3.00 e. The van der Waals surface area contributed by atoms with Crippen molar-refractivity contribution in [1.29, 1.82) is 0 Å². The number of furan rings is 1. The minimum absolute atomic E-state index is 0. The third-order valence-corrected chi connectivity index (χ3v) is 15.8. The number of nitrogens with zero attached hydrogens (tertiary/aromatic N) is 5. The number of aromatic nitrogens is 5. The van der Waals surface area contributed by atoms with E-state index in [1.165, 1.54) is 50.3 Å². The number of hydrogen-bond donors (Lipinski definition) is 0. The molecule has 0 amide bonds. The van der Waals surface area contributed by atoms with Crippen LogP contribution in [0.4, 0.5) is 0 Å². The molecule has 86 heavy (non-hydrogen) atoms. The smallest absolute Gasteiger partial charge is 0.501 e. The maximum absolute atomic E-state index is 6.73. The molecule has 4 aromatic heterocycles. The summed E-state index contributed by atoms with van der Waals surface area (Å²) in [5.74, 6) is 3.21. The summed E-state index contributed by atoms with van der Waals surface area (Å²) in [6.45, 7) is 18.2. The molecule has 14 rings (SSSR count). The summed E-state index contributed by atoms with van der Waals surface area (Å²) in [5, 5.41) is 2.15. The maximum Gasteiger partial charge on any atom is 3.00 e. The Labute approximate surface area is 519 Å². The number of rotatable bonds is 11. The second-order valence-corrected chi connectivity index (χ2v) is 22.8. The van der Waals surface area contributed by atoms with E-state index in [0.29, 0.717) is 11.8 Å². The van der Waals surface area contributed by atoms with Crippen LogP contribution in [-0.2, 0) is 20.1 Å². The molecule has 10 aromatic carbocycles. The molecular formula is C79H68IrN5O. The quantitative estimate of drug-likeness (QED) is 0.121. The second-order valence-electron chi connectivity index (χ2n) is 22.8. The minimum Gasteiger partial charge on any atom is -0.501 e. The van der Waals surface area contributed by atoms with E-state index in [4.69, 9.17) is 14.4 Å². The van der Waals surface area contributed by atoms with Crippen LogP contribution in [0, 0.1) is 18.2 Å². The first-order chi connectivity index (χ1) is 41.5. The first-order valence-corrected chi connectivity index (χ1v) is 29.6. The van der Waals surface area contributed by atoms with Gasteiger partial charge in [0.25, 0.3) is 0 Å². The summed E-state index contributed by atoms with van der Waals surface area (Å²) in [7, 11) is 0. The molecule has 0 bridgehead atoms. The van der Waals surface area contributed by atoms with Crippen molar-refractivity contribution < 1.29 is 24.5 Å². The van der Waals surface area contributed by atoms with Gasteiger partial charge in [0.05, 0.1) is 39.3 Å². The predicted molar refractivity (Wildman–Crippen MR) is 354 cm³/mol. The zero-order chi connectivity index (χ0) is 58.6. The van der Waals surface area contributed by atoms with E-state index in [1.807, 2.05) is 72.8 Å². The van der Waals surface area contributed by atoms with Gasteiger partial charge in [-0.1, -0.05) is 194 Å². The Hall–Kier alpha value is -9.26. The Balaban J connectivity index is 0.000000161. The van der Waals surface area contributed by atoms with Gasteiger partial charge in [-0.25, -0.2) is 0 Å². The van der Waals surface area contributed by atoms with Crippen molar-refractivity contribution in [3.05, 3.63) is 283 Å². The average molecular weight is 1300 g/mol. The summed E-state index contributed by atoms with van der Waals surface area (Å²) in [6, 6.07) is 91.8. The molecule has 6 nitrogen and oxygen atoms in total. The number of fused-ring (bicyclic) bond motifs is 5. The molecule has 4 heterocycles. The normalized spacial score (nSPS) is 11.3. The number of para-hydroxylation sites is 5. The fourth-order valence-corrected chi connectivity index (χ4v) is 11.6. The summed E-state index contributed by atoms with van der Waals surface area (Å²) in [6.07, 6.45) is 1.79. The summed E-state index contributed by atoms with van der Waals surface area (Å²) >= 11 is 0. The molecule has 0 radical (unpaired) electrons. The zero-order valence-electron chi connectivity index (χ0n) is 49.9. The van der Waals surface area contributed by atoms with Gasteiger partial charge in [0.2, 0.25) is 0 Å². The molecule has 0 N–H and O–H groups in total. The van der Waals surface area contributed by atoms with E-state index in [2.05, 4.69) is 251 Å². The van der Waals surface area contributed by atoms with Crippen molar-refractivity contribution in [2.24, 2.45) is 0 Å². The molecule has 0 atom stereocenters. The summed E-state index contributed by atoms with van der Waals surface area (Å²) in [4.78, 5) is 14.5. The molecule has 0 aliphatic rings. The van der Waals surface area contributed by atoms with Crippen LogP contribution in [0.15, 0.2) is 247 Å². The van der Waals surface area contributed by atoms with Crippen molar-refractivity contribution in [1.82, 2.24) is 24.1 Å². The number of benzene rings is 10. The molecule has 0 spiro atoms. The van der Waals surface area contributed by atoms with Crippen LogP contribution in [0.25, 0.3) is 112 Å². The molecule has 0 aliphatic heterocycles. The van der Waals surface area contributed by atoms with Gasteiger partial charge < -0.3 is 18.5 Å². The number of hydrogen-bond acceptors (Lipinski definition) is 4. The molecular weight excluding hydrogens is 1230 g/mol. The second kappa shape index (κ2) is 25.9. The molecule has 0 unspecified atom stereocenters. The van der Waals surface area contributed by atoms with Crippen LogP contribution in [0.5, 0.6) is 0 Å². The van der Waals surface area contributed by atoms with Gasteiger partial charge in [-0.05, 0) is 122 Å². The first-order valence-electron chi connectivity index (χ1n) is 29.6. The Bertz CT molecular complexity index is 4490. The van der Waals surface area contributed by atoms with Gasteiger partial charge in [0, 0.05) is 23.0 Å². The topological polar surface area (TPSA) is 61.7 Å². The minimum atomic E-state index is 0. The van der Waals surface area contributed by atoms with E-state index in [9.17, 15) is 0 Å². The molecule has 424 valence electrons. The third-order valence-electron chi connectivity index (χ3n) is 15.8. The Morgan fingerprint density at radius 2 is 0.895 bits per heavy atom. The van der Waals surface area contributed by atoms with Gasteiger partial charge in [0.15, 0.2) is 0 Å². The summed E-state index contributed by atoms with van der Waals surface area (Å²) in [5.41, 5.74) is 22.2. The molecule has 0 fully saturated rings. The van der Waals surface area contributed by atoms with Crippen LogP contribution >= 0.6 is 0 Å². The van der Waals surface area contributed by atoms with Crippen molar-refractivity contribution >= 4 is 44.0 Å². The van der Waals surface area contributed by atoms with Gasteiger partial charge in [-0.2, -0.15) is 0 Å². The molecule has 0 aliphatic carbocycles. The van der Waals surface area contributed by atoms with Gasteiger partial charge in [-0.3, -0.25) is 9.97 Å². The standard InChI is InChI=1S/C43H35N2O.C25H25N2.C11H8N.Ir/c1-27(2)36-24-32(30-16-9-6-10-17-30)25-37(28(3)4)41(36)45-39-21-12-11-20-38(39)44-43(45)35-19-13-18-34-33-23-22-31(26-40(33)46-42(34)35)29-14-7-5-8-15-29;1-17(2)20-13-10-14-21(18(3)4)24(20)27-23-16-9-8-15-22(23)26-25(27)19-11-6-5-7-12-19;1-2-6-10(7-3-1)11-8-4-5-9-12-11;/h5-18,20-28H,1-4H3;5-11,13-18H,1-4H3;1-6,8-9H;/q3*-1;+3. The zero-order valence-corrected chi connectivity index (χ0v) is 52.3. The van der Waals surface area contributed by atoms with Crippen LogP contribution in [0.1, 0.15) is 101 Å². The van der Waals surface area contributed by atoms with E-state index >= 15 is 0 Å². The first kappa shape index (κ1) is 58.5. The predicted octanol–water partition coefficient (Wildman–Crippen LogP) is 21.3. The van der Waals surface area contributed by atoms with E-state index < -0.39 is 0 Å². The van der Waals surface area contributed by atoms with Crippen LogP contribution in [0.3, 0.4) is 0 Å². The SMILES string of the molecule is CC(C)c1cc(-c2ccccc2)cc(C(C)C)c1-n1c(-c2[c-]ccc3c2oc2cc(-c4ccccc4)ccc23)nc2ccccc21.CC(C)c1cccc(C(C)C)c1-n1c(-c2[c-]cccc2)nc2ccccc21.[Ir+3].[c-]1ccccc1-c1ccccn1. The van der Waals surface area contributed by atoms with Crippen molar-refractivity contribution in [2.45, 2.75) is 79.1 Å². The van der Waals surface area contributed by atoms with Gasteiger partial charge in [-0.15, -0.1) is 90.0 Å². The average Bonchev–Trinajstić information content (AvgIpc) is 1.71. The van der Waals surface area contributed by atoms with E-state index in [0.717, 1.165) is 83.6 Å². The monoisotopic (exact) mass is 1300 g/mol. The van der Waals surface area contributed by atoms with Crippen LogP contribution in [-0.4, -0.2) is 24.1 Å². The third kappa shape index (κ3) is 11.8. The van der Waals surface area contributed by atoms with Gasteiger partial charge in [0.1, 0.15) is 5.58 Å². The Morgan fingerprint density at radius 1 is 0.384 bits per heavy atom. The number of imidazole rings is 2. The Morgan fingerprint density at radius 3 is 1.45 bits per heavy atom.